The van der Waals surface area contributed by atoms with Crippen LogP contribution in [-0.2, 0) is 9.53 Å². The lowest BCUT2D eigenvalue weighted by Crippen LogP contribution is -2.50. The van der Waals surface area contributed by atoms with Crippen molar-refractivity contribution in [1.82, 2.24) is 0 Å². The van der Waals surface area contributed by atoms with Crippen molar-refractivity contribution in [3.05, 3.63) is 0 Å². The molecule has 2 rings (SSSR count). The number of aliphatic hydroxyl groups is 2. The van der Waals surface area contributed by atoms with E-state index >= 15 is 0 Å². The van der Waals surface area contributed by atoms with E-state index in [2.05, 4.69) is 0 Å². The molecule has 0 bridgehead atoms. The highest BCUT2D eigenvalue weighted by Gasteiger charge is 2.55. The maximum atomic E-state index is 11.4. The molecule has 5 atom stereocenters. The number of carbonyl (C=O) groups excluding carboxylic acids is 1. The molecule has 0 unspecified atom stereocenters. The Morgan fingerprint density at radius 3 is 2.86 bits per heavy atom. The van der Waals surface area contributed by atoms with Crippen LogP contribution in [0.3, 0.4) is 0 Å². The number of Topliss-reactive ketones (excluding diaryl/α,β-unsaturated/α-hetero) is 1. The molecule has 1 heterocycles. The molecule has 0 aromatic heterocycles. The van der Waals surface area contributed by atoms with E-state index in [1.807, 2.05) is 6.92 Å². The molecule has 2 N–H and O–H groups in total. The first-order chi connectivity index (χ1) is 6.44. The first-order valence-corrected chi connectivity index (χ1v) is 4.99. The summed E-state index contributed by atoms with van der Waals surface area (Å²) in [6.07, 6.45) is -0.735. The van der Waals surface area contributed by atoms with Crippen LogP contribution < -0.4 is 0 Å². The molecule has 1 saturated carbocycles. The van der Waals surface area contributed by atoms with E-state index in [1.54, 1.807) is 6.92 Å². The van der Waals surface area contributed by atoms with Crippen LogP contribution in [0.4, 0.5) is 0 Å². The highest BCUT2D eigenvalue weighted by Crippen LogP contribution is 2.43. The average Bonchev–Trinajstić information content (AvgIpc) is 2.33. The van der Waals surface area contributed by atoms with E-state index in [9.17, 15) is 15.0 Å². The molecule has 0 aromatic rings. The third kappa shape index (κ3) is 1.21. The minimum atomic E-state index is -1.21. The van der Waals surface area contributed by atoms with Gasteiger partial charge in [-0.15, -0.1) is 0 Å². The monoisotopic (exact) mass is 200 g/mol. The van der Waals surface area contributed by atoms with E-state index in [0.717, 1.165) is 0 Å². The van der Waals surface area contributed by atoms with Crippen molar-refractivity contribution in [1.29, 1.82) is 0 Å². The molecule has 2 aliphatic rings. The molecule has 1 aliphatic carbocycles. The van der Waals surface area contributed by atoms with Gasteiger partial charge in [-0.3, -0.25) is 4.79 Å². The second-order valence-electron chi connectivity index (χ2n) is 4.63. The van der Waals surface area contributed by atoms with Crippen LogP contribution in [0.2, 0.25) is 0 Å². The van der Waals surface area contributed by atoms with Crippen molar-refractivity contribution in [2.75, 3.05) is 6.61 Å². The lowest BCUT2D eigenvalue weighted by Gasteiger charge is -2.35. The Balaban J connectivity index is 2.25. The van der Waals surface area contributed by atoms with Gasteiger partial charge in [0.05, 0.1) is 12.2 Å². The van der Waals surface area contributed by atoms with Crippen molar-refractivity contribution in [3.63, 3.8) is 0 Å². The van der Waals surface area contributed by atoms with Crippen LogP contribution in [0.25, 0.3) is 0 Å². The summed E-state index contributed by atoms with van der Waals surface area (Å²) in [5, 5.41) is 19.6. The molecule has 14 heavy (non-hydrogen) atoms. The van der Waals surface area contributed by atoms with Crippen molar-refractivity contribution in [3.8, 4) is 0 Å². The summed E-state index contributed by atoms with van der Waals surface area (Å²) in [4.78, 5) is 11.4. The van der Waals surface area contributed by atoms with Crippen molar-refractivity contribution < 1.29 is 19.7 Å². The zero-order valence-electron chi connectivity index (χ0n) is 8.43. The number of hydrogen-bond acceptors (Lipinski definition) is 4. The Hall–Kier alpha value is -0.450. The Morgan fingerprint density at radius 1 is 1.57 bits per heavy atom. The minimum absolute atomic E-state index is 0.0405. The highest BCUT2D eigenvalue weighted by molar-refractivity contribution is 5.83. The molecule has 2 fully saturated rings. The van der Waals surface area contributed by atoms with Crippen LogP contribution in [0.1, 0.15) is 20.3 Å². The van der Waals surface area contributed by atoms with E-state index < -0.39 is 17.8 Å². The van der Waals surface area contributed by atoms with Crippen molar-refractivity contribution in [2.24, 2.45) is 11.8 Å². The summed E-state index contributed by atoms with van der Waals surface area (Å²) in [7, 11) is 0. The van der Waals surface area contributed by atoms with Gasteiger partial charge < -0.3 is 14.9 Å². The van der Waals surface area contributed by atoms with Crippen LogP contribution in [-0.4, -0.2) is 40.4 Å². The van der Waals surface area contributed by atoms with E-state index in [-0.39, 0.29) is 24.2 Å². The van der Waals surface area contributed by atoms with Gasteiger partial charge in [-0.05, 0) is 13.3 Å². The van der Waals surface area contributed by atoms with Gasteiger partial charge in [0, 0.05) is 11.8 Å². The fourth-order valence-electron chi connectivity index (χ4n) is 2.54. The standard InChI is InChI=1S/C10H16O4/c1-5-6-3-8(12)10(2,13)9(6)14-4-7(5)11/h5-6,8-9,12-13H,3-4H2,1-2H3/t5-,6-,8+,9+,10-/m1/s1. The predicted molar refractivity (Wildman–Crippen MR) is 48.6 cm³/mol. The molecule has 0 aromatic carbocycles. The molecule has 4 nitrogen and oxygen atoms in total. The number of ketones is 1. The molecular formula is C10H16O4. The highest BCUT2D eigenvalue weighted by atomic mass is 16.5. The second-order valence-corrected chi connectivity index (χ2v) is 4.63. The third-order valence-electron chi connectivity index (χ3n) is 3.69. The summed E-state index contributed by atoms with van der Waals surface area (Å²) < 4.78 is 5.31. The lowest BCUT2D eigenvalue weighted by atomic mass is 9.83. The maximum Gasteiger partial charge on any atom is 0.161 e. The van der Waals surface area contributed by atoms with Gasteiger partial charge in [0.15, 0.2) is 5.78 Å². The van der Waals surface area contributed by atoms with Gasteiger partial charge in [0.1, 0.15) is 12.2 Å². The zero-order chi connectivity index (χ0) is 10.5. The fourth-order valence-corrected chi connectivity index (χ4v) is 2.54. The Morgan fingerprint density at radius 2 is 2.21 bits per heavy atom. The second kappa shape index (κ2) is 3.02. The van der Waals surface area contributed by atoms with Gasteiger partial charge in [-0.2, -0.15) is 0 Å². The number of aliphatic hydroxyl groups excluding tert-OH is 1. The molecule has 0 radical (unpaired) electrons. The third-order valence-corrected chi connectivity index (χ3v) is 3.69. The first-order valence-electron chi connectivity index (χ1n) is 4.99. The van der Waals surface area contributed by atoms with Crippen LogP contribution in [0, 0.1) is 11.8 Å². The molecule has 1 saturated heterocycles. The van der Waals surface area contributed by atoms with Crippen LogP contribution in [0.15, 0.2) is 0 Å². The quantitative estimate of drug-likeness (QED) is 0.564. The predicted octanol–water partition coefficient (Wildman–Crippen LogP) is -0.278. The van der Waals surface area contributed by atoms with Gasteiger partial charge >= 0.3 is 0 Å². The summed E-state index contributed by atoms with van der Waals surface area (Å²) in [5.41, 5.74) is -1.21. The average molecular weight is 200 g/mol. The minimum Gasteiger partial charge on any atom is -0.390 e. The molecule has 4 heteroatoms. The van der Waals surface area contributed by atoms with Crippen LogP contribution >= 0.6 is 0 Å². The van der Waals surface area contributed by atoms with Gasteiger partial charge in [-0.1, -0.05) is 6.92 Å². The van der Waals surface area contributed by atoms with Crippen molar-refractivity contribution >= 4 is 5.78 Å². The number of ether oxygens (including phenoxy) is 1. The number of rotatable bonds is 0. The molecule has 80 valence electrons. The summed E-state index contributed by atoms with van der Waals surface area (Å²) in [6, 6.07) is 0. The molecular weight excluding hydrogens is 184 g/mol. The van der Waals surface area contributed by atoms with Gasteiger partial charge in [0.2, 0.25) is 0 Å². The Labute approximate surface area is 82.9 Å². The lowest BCUT2D eigenvalue weighted by molar-refractivity contribution is -0.164. The van der Waals surface area contributed by atoms with Crippen molar-refractivity contribution in [2.45, 2.75) is 38.1 Å². The maximum absolute atomic E-state index is 11.4. The Bertz CT molecular complexity index is 261. The number of carbonyl (C=O) groups is 1. The zero-order valence-corrected chi connectivity index (χ0v) is 8.43. The smallest absolute Gasteiger partial charge is 0.161 e. The molecule has 1 aliphatic heterocycles. The fraction of sp³-hybridized carbons (Fsp3) is 0.900. The first kappa shape index (κ1) is 10.1. The van der Waals surface area contributed by atoms with Crippen LogP contribution in [0.5, 0.6) is 0 Å². The summed E-state index contributed by atoms with van der Waals surface area (Å²) >= 11 is 0. The molecule has 0 amide bonds. The Kier molecular flexibility index (Phi) is 2.17. The number of fused-ring (bicyclic) bond motifs is 1. The SMILES string of the molecule is C[C@H]1C(=O)CO[C@H]2[C@@H]1C[C@H](O)[C@@]2(C)O. The van der Waals surface area contributed by atoms with E-state index in [0.29, 0.717) is 6.42 Å². The van der Waals surface area contributed by atoms with Gasteiger partial charge in [-0.25, -0.2) is 0 Å². The normalized spacial score (nSPS) is 53.3. The topological polar surface area (TPSA) is 66.8 Å². The largest absolute Gasteiger partial charge is 0.390 e. The molecule has 0 spiro atoms. The van der Waals surface area contributed by atoms with Gasteiger partial charge in [0.25, 0.3) is 0 Å². The van der Waals surface area contributed by atoms with E-state index in [4.69, 9.17) is 4.74 Å². The number of hydrogen-bond donors (Lipinski definition) is 2. The van der Waals surface area contributed by atoms with E-state index in [1.165, 1.54) is 0 Å². The summed E-state index contributed by atoms with van der Waals surface area (Å²) in [6.45, 7) is 3.48. The summed E-state index contributed by atoms with van der Waals surface area (Å²) in [5.74, 6) is -0.0882.